The number of carbonyl (C=O) groups excluding carboxylic acids is 1. The van der Waals surface area contributed by atoms with Crippen LogP contribution in [0.3, 0.4) is 0 Å². The Morgan fingerprint density at radius 3 is 2.75 bits per heavy atom. The molecule has 20 heavy (non-hydrogen) atoms. The number of hydrogen-bond donors (Lipinski definition) is 1. The van der Waals surface area contributed by atoms with E-state index in [1.807, 2.05) is 0 Å². The van der Waals surface area contributed by atoms with Gasteiger partial charge in [0, 0.05) is 23.8 Å². The van der Waals surface area contributed by atoms with Crippen LogP contribution in [0.2, 0.25) is 0 Å². The van der Waals surface area contributed by atoms with Crippen molar-refractivity contribution in [2.45, 2.75) is 12.7 Å². The maximum atomic E-state index is 12.5. The Bertz CT molecular complexity index is 664. The van der Waals surface area contributed by atoms with E-state index in [2.05, 4.69) is 10.3 Å². The predicted molar refractivity (Wildman–Crippen MR) is 66.4 cm³/mol. The quantitative estimate of drug-likeness (QED) is 0.943. The van der Waals surface area contributed by atoms with Gasteiger partial charge >= 0.3 is 6.18 Å². The summed E-state index contributed by atoms with van der Waals surface area (Å²) in [5.41, 5.74) is -1.67. The van der Waals surface area contributed by atoms with E-state index in [4.69, 9.17) is 0 Å². The van der Waals surface area contributed by atoms with Crippen LogP contribution in [0.15, 0.2) is 34.7 Å². The van der Waals surface area contributed by atoms with Gasteiger partial charge in [0.25, 0.3) is 5.56 Å². The number of hydrogen-bond acceptors (Lipinski definition) is 4. The fraction of sp³-hybridized carbons (Fsp3) is 0.182. The average molecular weight is 303 g/mol. The highest BCUT2D eigenvalue weighted by Gasteiger charge is 2.31. The lowest BCUT2D eigenvalue weighted by Crippen LogP contribution is -2.28. The Morgan fingerprint density at radius 2 is 2.15 bits per heavy atom. The highest BCUT2D eigenvalue weighted by atomic mass is 32.1. The number of carbonyl (C=O) groups is 1. The summed E-state index contributed by atoms with van der Waals surface area (Å²) in [5.74, 6) is -0.624. The van der Waals surface area contributed by atoms with Crippen LogP contribution in [-0.4, -0.2) is 15.5 Å². The zero-order valence-corrected chi connectivity index (χ0v) is 10.7. The number of halogens is 3. The van der Waals surface area contributed by atoms with Crippen LogP contribution in [0.25, 0.3) is 0 Å². The first-order valence-corrected chi connectivity index (χ1v) is 6.21. The Kier molecular flexibility index (Phi) is 3.89. The second kappa shape index (κ2) is 5.45. The molecule has 0 saturated carbocycles. The lowest BCUT2D eigenvalue weighted by molar-refractivity contribution is -0.138. The molecule has 0 aliphatic heterocycles. The molecule has 1 amide bonds. The number of amides is 1. The van der Waals surface area contributed by atoms with Crippen LogP contribution in [0.1, 0.15) is 5.56 Å². The summed E-state index contributed by atoms with van der Waals surface area (Å²) in [6, 6.07) is 1.46. The molecule has 0 aliphatic rings. The van der Waals surface area contributed by atoms with Crippen LogP contribution in [0, 0.1) is 0 Å². The first-order chi connectivity index (χ1) is 9.36. The Labute approximate surface area is 114 Å². The van der Waals surface area contributed by atoms with Crippen molar-refractivity contribution in [1.29, 1.82) is 0 Å². The van der Waals surface area contributed by atoms with Crippen molar-refractivity contribution in [3.8, 4) is 0 Å². The predicted octanol–water partition coefficient (Wildman–Crippen LogP) is 1.96. The van der Waals surface area contributed by atoms with Crippen molar-refractivity contribution in [3.63, 3.8) is 0 Å². The molecule has 2 aromatic rings. The fourth-order valence-electron chi connectivity index (χ4n) is 1.42. The molecule has 0 fully saturated rings. The number of aromatic nitrogens is 2. The average Bonchev–Trinajstić information content (AvgIpc) is 2.83. The van der Waals surface area contributed by atoms with Crippen molar-refractivity contribution < 1.29 is 18.0 Å². The standard InChI is InChI=1S/C11H8F3N3O2S/c12-11(13,14)7-1-2-9(19)17(5-7)6-8(18)16-10-15-3-4-20-10/h1-5H,6H2,(H,15,16,18). The maximum Gasteiger partial charge on any atom is 0.417 e. The van der Waals surface area contributed by atoms with Crippen molar-refractivity contribution >= 4 is 22.4 Å². The molecule has 0 atom stereocenters. The van der Waals surface area contributed by atoms with E-state index < -0.39 is 29.8 Å². The number of anilines is 1. The summed E-state index contributed by atoms with van der Waals surface area (Å²) in [7, 11) is 0. The highest BCUT2D eigenvalue weighted by Crippen LogP contribution is 2.27. The molecule has 2 aromatic heterocycles. The largest absolute Gasteiger partial charge is 0.417 e. The van der Waals surface area contributed by atoms with Crippen molar-refractivity contribution in [1.82, 2.24) is 9.55 Å². The summed E-state index contributed by atoms with van der Waals surface area (Å²) in [4.78, 5) is 26.8. The summed E-state index contributed by atoms with van der Waals surface area (Å²) < 4.78 is 38.3. The first-order valence-electron chi connectivity index (χ1n) is 5.33. The van der Waals surface area contributed by atoms with Crippen LogP contribution in [0.5, 0.6) is 0 Å². The monoisotopic (exact) mass is 303 g/mol. The van der Waals surface area contributed by atoms with E-state index in [9.17, 15) is 22.8 Å². The summed E-state index contributed by atoms with van der Waals surface area (Å²) >= 11 is 1.16. The molecule has 106 valence electrons. The number of pyridine rings is 1. The van der Waals surface area contributed by atoms with Crippen LogP contribution in [-0.2, 0) is 17.5 Å². The minimum atomic E-state index is -4.57. The molecular weight excluding hydrogens is 295 g/mol. The molecule has 5 nitrogen and oxygen atoms in total. The summed E-state index contributed by atoms with van der Waals surface area (Å²) in [6.07, 6.45) is -2.48. The first kappa shape index (κ1) is 14.3. The second-order valence-electron chi connectivity index (χ2n) is 3.77. The van der Waals surface area contributed by atoms with E-state index in [-0.39, 0.29) is 0 Å². The third-order valence-corrected chi connectivity index (χ3v) is 2.99. The molecule has 0 saturated heterocycles. The minimum Gasteiger partial charge on any atom is -0.305 e. The number of alkyl halides is 3. The molecule has 0 unspecified atom stereocenters. The van der Waals surface area contributed by atoms with Crippen molar-refractivity contribution in [2.24, 2.45) is 0 Å². The Balaban J connectivity index is 2.16. The topological polar surface area (TPSA) is 64.0 Å². The van der Waals surface area contributed by atoms with E-state index >= 15 is 0 Å². The minimum absolute atomic E-state index is 0.315. The number of thiazole rings is 1. The van der Waals surface area contributed by atoms with Gasteiger partial charge in [-0.25, -0.2) is 4.98 Å². The van der Waals surface area contributed by atoms with Gasteiger partial charge in [0.15, 0.2) is 5.13 Å². The normalized spacial score (nSPS) is 11.3. The lowest BCUT2D eigenvalue weighted by Gasteiger charge is -2.10. The third kappa shape index (κ3) is 3.44. The Morgan fingerprint density at radius 1 is 1.40 bits per heavy atom. The second-order valence-corrected chi connectivity index (χ2v) is 4.66. The van der Waals surface area contributed by atoms with Crippen LogP contribution < -0.4 is 10.9 Å². The van der Waals surface area contributed by atoms with Gasteiger partial charge < -0.3 is 9.88 Å². The summed E-state index contributed by atoms with van der Waals surface area (Å²) in [6.45, 7) is -0.512. The van der Waals surface area contributed by atoms with Gasteiger partial charge in [-0.05, 0) is 6.07 Å². The Hall–Kier alpha value is -2.16. The molecule has 0 aromatic carbocycles. The van der Waals surface area contributed by atoms with Gasteiger partial charge in [-0.2, -0.15) is 13.2 Å². The number of nitrogens with one attached hydrogen (secondary N) is 1. The molecule has 0 radical (unpaired) electrons. The van der Waals surface area contributed by atoms with E-state index in [0.29, 0.717) is 22.0 Å². The van der Waals surface area contributed by atoms with Crippen molar-refractivity contribution in [3.05, 3.63) is 45.8 Å². The van der Waals surface area contributed by atoms with Gasteiger partial charge in [-0.3, -0.25) is 9.59 Å². The zero-order chi connectivity index (χ0) is 14.8. The molecule has 0 spiro atoms. The van der Waals surface area contributed by atoms with Gasteiger partial charge in [0.2, 0.25) is 5.91 Å². The molecule has 1 N–H and O–H groups in total. The fourth-order valence-corrected chi connectivity index (χ4v) is 1.97. The number of rotatable bonds is 3. The molecule has 2 heterocycles. The van der Waals surface area contributed by atoms with Crippen LogP contribution in [0.4, 0.5) is 18.3 Å². The number of nitrogens with zero attached hydrogens (tertiary/aromatic N) is 2. The third-order valence-electron chi connectivity index (χ3n) is 2.30. The molecule has 9 heteroatoms. The molecule has 2 rings (SSSR count). The molecular formula is C11H8F3N3O2S. The SMILES string of the molecule is O=C(Cn1cc(C(F)(F)F)ccc1=O)Nc1nccs1. The van der Waals surface area contributed by atoms with E-state index in [0.717, 1.165) is 17.4 Å². The van der Waals surface area contributed by atoms with Crippen LogP contribution >= 0.6 is 11.3 Å². The maximum absolute atomic E-state index is 12.5. The van der Waals surface area contributed by atoms with Gasteiger partial charge in [-0.15, -0.1) is 11.3 Å². The highest BCUT2D eigenvalue weighted by molar-refractivity contribution is 7.13. The lowest BCUT2D eigenvalue weighted by atomic mass is 10.3. The van der Waals surface area contributed by atoms with E-state index in [1.165, 1.54) is 6.20 Å². The summed E-state index contributed by atoms with van der Waals surface area (Å²) in [5, 5.41) is 4.33. The van der Waals surface area contributed by atoms with Crippen molar-refractivity contribution in [2.75, 3.05) is 5.32 Å². The molecule has 0 aliphatic carbocycles. The molecule has 0 bridgehead atoms. The van der Waals surface area contributed by atoms with Gasteiger partial charge in [0.05, 0.1) is 5.56 Å². The van der Waals surface area contributed by atoms with Gasteiger partial charge in [-0.1, -0.05) is 0 Å². The van der Waals surface area contributed by atoms with Gasteiger partial charge in [0.1, 0.15) is 6.54 Å². The zero-order valence-electron chi connectivity index (χ0n) is 9.85. The van der Waals surface area contributed by atoms with E-state index in [1.54, 1.807) is 5.38 Å². The smallest absolute Gasteiger partial charge is 0.305 e.